The average molecular weight is 302 g/mol. The number of hydrogen-bond donors (Lipinski definition) is 1. The van der Waals surface area contributed by atoms with Crippen LogP contribution < -0.4 is 5.73 Å². The zero-order valence-electron chi connectivity index (χ0n) is 12.8. The minimum absolute atomic E-state index is 0.0449. The molecule has 1 heterocycles. The largest absolute Gasteiger partial charge is 0.458 e. The number of carbonyl (C=O) groups excluding carboxylic acids is 2. The smallest absolute Gasteiger partial charge is 0.330 e. The van der Waals surface area contributed by atoms with Gasteiger partial charge in [-0.25, -0.2) is 4.79 Å². The van der Waals surface area contributed by atoms with Crippen molar-refractivity contribution in [3.63, 3.8) is 0 Å². The van der Waals surface area contributed by atoms with E-state index in [2.05, 4.69) is 6.92 Å². The number of nitrogens with two attached hydrogens (primary N) is 1. The van der Waals surface area contributed by atoms with E-state index in [9.17, 15) is 9.59 Å². The number of hydrogen-bond acceptors (Lipinski definition) is 5. The van der Waals surface area contributed by atoms with E-state index in [1.165, 1.54) is 0 Å². The Kier molecular flexibility index (Phi) is 6.33. The summed E-state index contributed by atoms with van der Waals surface area (Å²) < 4.78 is 5.41. The Labute approximate surface area is 125 Å². The van der Waals surface area contributed by atoms with Crippen molar-refractivity contribution >= 4 is 23.6 Å². The van der Waals surface area contributed by atoms with Crippen molar-refractivity contribution in [3.8, 4) is 0 Å². The fraction of sp³-hybridized carbons (Fsp3) is 0.857. The highest BCUT2D eigenvalue weighted by Crippen LogP contribution is 2.33. The summed E-state index contributed by atoms with van der Waals surface area (Å²) in [5.41, 5.74) is 4.94. The fourth-order valence-electron chi connectivity index (χ4n) is 2.16. The van der Waals surface area contributed by atoms with Gasteiger partial charge in [0.25, 0.3) is 0 Å². The molecule has 1 aliphatic rings. The van der Waals surface area contributed by atoms with Crippen LogP contribution in [-0.2, 0) is 14.3 Å². The van der Waals surface area contributed by atoms with Crippen molar-refractivity contribution < 1.29 is 14.3 Å². The van der Waals surface area contributed by atoms with E-state index in [1.54, 1.807) is 16.7 Å². The van der Waals surface area contributed by atoms with Crippen molar-refractivity contribution in [2.24, 2.45) is 5.73 Å². The molecule has 1 aliphatic heterocycles. The number of nitrogens with zero attached hydrogens (tertiary/aromatic N) is 1. The summed E-state index contributed by atoms with van der Waals surface area (Å²) >= 11 is 1.65. The average Bonchev–Trinajstić information content (AvgIpc) is 2.77. The molecule has 1 saturated heterocycles. The summed E-state index contributed by atoms with van der Waals surface area (Å²) in [7, 11) is 0. The maximum atomic E-state index is 12.2. The van der Waals surface area contributed by atoms with Gasteiger partial charge in [0.05, 0.1) is 11.9 Å². The summed E-state index contributed by atoms with van der Waals surface area (Å²) in [6, 6.07) is -0.503. The van der Waals surface area contributed by atoms with Crippen LogP contribution in [0.15, 0.2) is 0 Å². The molecule has 0 bridgehead atoms. The number of esters is 1. The lowest BCUT2D eigenvalue weighted by molar-refractivity contribution is -0.163. The number of rotatable bonds is 5. The Morgan fingerprint density at radius 3 is 2.55 bits per heavy atom. The highest BCUT2D eigenvalue weighted by atomic mass is 32.2. The molecule has 0 aromatic rings. The SMILES string of the molecule is CCCCC1SC[C@@H](C(=O)OC(C)(C)C)N1C(=O)CN. The molecular formula is C14H26N2O3S. The minimum Gasteiger partial charge on any atom is -0.458 e. The molecule has 1 amide bonds. The summed E-state index contributed by atoms with van der Waals surface area (Å²) in [4.78, 5) is 25.9. The third-order valence-electron chi connectivity index (χ3n) is 3.04. The van der Waals surface area contributed by atoms with Crippen molar-refractivity contribution in [2.45, 2.75) is 64.0 Å². The van der Waals surface area contributed by atoms with Crippen LogP contribution in [0.1, 0.15) is 47.0 Å². The van der Waals surface area contributed by atoms with E-state index in [1.807, 2.05) is 20.8 Å². The van der Waals surface area contributed by atoms with Gasteiger partial charge in [-0.15, -0.1) is 11.8 Å². The maximum Gasteiger partial charge on any atom is 0.330 e. The van der Waals surface area contributed by atoms with Gasteiger partial charge in [-0.3, -0.25) is 4.79 Å². The second kappa shape index (κ2) is 7.31. The molecule has 2 N–H and O–H groups in total. The first-order valence-corrected chi connectivity index (χ1v) is 8.20. The van der Waals surface area contributed by atoms with E-state index in [4.69, 9.17) is 10.5 Å². The summed E-state index contributed by atoms with van der Waals surface area (Å²) in [5, 5.41) is 0.0449. The van der Waals surface area contributed by atoms with Gasteiger partial charge in [0, 0.05) is 5.75 Å². The predicted molar refractivity (Wildman–Crippen MR) is 81.3 cm³/mol. The van der Waals surface area contributed by atoms with Crippen LogP contribution in [0.2, 0.25) is 0 Å². The molecule has 0 aromatic heterocycles. The van der Waals surface area contributed by atoms with Crippen LogP contribution >= 0.6 is 11.8 Å². The second-order valence-corrected chi connectivity index (χ2v) is 7.20. The second-order valence-electron chi connectivity index (χ2n) is 5.98. The normalized spacial score (nSPS) is 22.9. The van der Waals surface area contributed by atoms with Crippen molar-refractivity contribution in [1.29, 1.82) is 0 Å². The van der Waals surface area contributed by atoms with Crippen molar-refractivity contribution in [3.05, 3.63) is 0 Å². The van der Waals surface area contributed by atoms with Crippen LogP contribution in [-0.4, -0.2) is 46.1 Å². The number of ether oxygens (including phenoxy) is 1. The molecule has 1 unspecified atom stereocenters. The number of unbranched alkanes of at least 4 members (excludes halogenated alkanes) is 1. The number of carbonyl (C=O) groups is 2. The van der Waals surface area contributed by atoms with Crippen LogP contribution in [0.4, 0.5) is 0 Å². The standard InChI is InChI=1S/C14H26N2O3S/c1-5-6-7-12-16(11(17)8-15)10(9-20-12)13(18)19-14(2,3)4/h10,12H,5-9,15H2,1-4H3/t10-,12?/m0/s1. The Morgan fingerprint density at radius 2 is 2.05 bits per heavy atom. The Morgan fingerprint density at radius 1 is 1.40 bits per heavy atom. The summed E-state index contributed by atoms with van der Waals surface area (Å²) in [6.45, 7) is 7.53. The lowest BCUT2D eigenvalue weighted by Crippen LogP contribution is -2.49. The van der Waals surface area contributed by atoms with Crippen LogP contribution in [0.5, 0.6) is 0 Å². The molecule has 0 radical (unpaired) electrons. The first-order valence-electron chi connectivity index (χ1n) is 7.15. The van der Waals surface area contributed by atoms with Gasteiger partial charge in [0.15, 0.2) is 0 Å². The number of thioether (sulfide) groups is 1. The Hall–Kier alpha value is -0.750. The summed E-state index contributed by atoms with van der Waals surface area (Å²) in [5.74, 6) is 0.0902. The number of amides is 1. The van der Waals surface area contributed by atoms with E-state index >= 15 is 0 Å². The molecule has 0 aliphatic carbocycles. The van der Waals surface area contributed by atoms with Gasteiger partial charge in [-0.05, 0) is 27.2 Å². The minimum atomic E-state index is -0.541. The molecular weight excluding hydrogens is 276 g/mol. The molecule has 5 nitrogen and oxygen atoms in total. The molecule has 0 saturated carbocycles. The van der Waals surface area contributed by atoms with Crippen LogP contribution in [0.25, 0.3) is 0 Å². The van der Waals surface area contributed by atoms with Crippen LogP contribution in [0, 0.1) is 0 Å². The van der Waals surface area contributed by atoms with Gasteiger partial charge >= 0.3 is 5.97 Å². The van der Waals surface area contributed by atoms with E-state index in [0.717, 1.165) is 19.3 Å². The third kappa shape index (κ3) is 4.66. The monoisotopic (exact) mass is 302 g/mol. The molecule has 2 atom stereocenters. The fourth-order valence-corrected chi connectivity index (χ4v) is 3.62. The summed E-state index contributed by atoms with van der Waals surface area (Å²) in [6.07, 6.45) is 3.00. The van der Waals surface area contributed by atoms with E-state index in [-0.39, 0.29) is 23.8 Å². The first kappa shape index (κ1) is 17.3. The van der Waals surface area contributed by atoms with Gasteiger partial charge in [-0.2, -0.15) is 0 Å². The zero-order chi connectivity index (χ0) is 15.3. The van der Waals surface area contributed by atoms with Crippen molar-refractivity contribution in [1.82, 2.24) is 4.90 Å². The molecule has 116 valence electrons. The molecule has 0 spiro atoms. The lowest BCUT2D eigenvalue weighted by Gasteiger charge is -2.30. The third-order valence-corrected chi connectivity index (χ3v) is 4.39. The molecule has 1 fully saturated rings. The predicted octanol–water partition coefficient (Wildman–Crippen LogP) is 1.75. The van der Waals surface area contributed by atoms with Gasteiger partial charge < -0.3 is 15.4 Å². The first-order chi connectivity index (χ1) is 9.30. The van der Waals surface area contributed by atoms with Crippen molar-refractivity contribution in [2.75, 3.05) is 12.3 Å². The van der Waals surface area contributed by atoms with Gasteiger partial charge in [0.1, 0.15) is 11.6 Å². The van der Waals surface area contributed by atoms with E-state index in [0.29, 0.717) is 5.75 Å². The maximum absolute atomic E-state index is 12.2. The molecule has 0 aromatic carbocycles. The Bertz CT molecular complexity index is 355. The zero-order valence-corrected chi connectivity index (χ0v) is 13.7. The van der Waals surface area contributed by atoms with Gasteiger partial charge in [-0.1, -0.05) is 19.8 Å². The molecule has 1 rings (SSSR count). The van der Waals surface area contributed by atoms with E-state index < -0.39 is 11.6 Å². The quantitative estimate of drug-likeness (QED) is 0.783. The van der Waals surface area contributed by atoms with Gasteiger partial charge in [0.2, 0.25) is 5.91 Å². The highest BCUT2D eigenvalue weighted by Gasteiger charge is 2.42. The Balaban J connectivity index is 2.79. The lowest BCUT2D eigenvalue weighted by atomic mass is 10.1. The van der Waals surface area contributed by atoms with Crippen LogP contribution in [0.3, 0.4) is 0 Å². The highest BCUT2D eigenvalue weighted by molar-refractivity contribution is 8.00. The topological polar surface area (TPSA) is 72.6 Å². The molecule has 6 heteroatoms. The molecule has 20 heavy (non-hydrogen) atoms.